The number of anilines is 1. The maximum atomic E-state index is 5.95. The minimum absolute atomic E-state index is 0.471. The number of imidazole rings is 1. The highest BCUT2D eigenvalue weighted by Gasteiger charge is 2.08. The van der Waals surface area contributed by atoms with Gasteiger partial charge >= 0.3 is 0 Å². The van der Waals surface area contributed by atoms with Crippen LogP contribution in [0.25, 0.3) is 11.0 Å². The molecule has 0 fully saturated rings. The van der Waals surface area contributed by atoms with Crippen molar-refractivity contribution in [2.45, 2.75) is 6.54 Å². The average Bonchev–Trinajstić information content (AvgIpc) is 2.76. The van der Waals surface area contributed by atoms with E-state index in [4.69, 9.17) is 10.5 Å². The van der Waals surface area contributed by atoms with Gasteiger partial charge in [-0.1, -0.05) is 0 Å². The Hall–Kier alpha value is -2.63. The van der Waals surface area contributed by atoms with Crippen LogP contribution >= 0.6 is 0 Å². The minimum Gasteiger partial charge on any atom is -0.481 e. The molecule has 0 unspecified atom stereocenters. The van der Waals surface area contributed by atoms with E-state index in [1.165, 1.54) is 0 Å². The van der Waals surface area contributed by atoms with Gasteiger partial charge in [-0.05, 0) is 17.7 Å². The van der Waals surface area contributed by atoms with Crippen molar-refractivity contribution in [2.75, 3.05) is 12.8 Å². The number of methoxy groups -OCH3 is 1. The molecule has 0 aliphatic rings. The molecule has 0 saturated carbocycles. The zero-order chi connectivity index (χ0) is 13.2. The topological polar surface area (TPSA) is 78.9 Å². The van der Waals surface area contributed by atoms with Gasteiger partial charge in [0.05, 0.1) is 25.4 Å². The molecule has 3 aromatic rings. The van der Waals surface area contributed by atoms with Gasteiger partial charge in [0.25, 0.3) is 0 Å². The van der Waals surface area contributed by atoms with Crippen LogP contribution in [0.3, 0.4) is 0 Å². The van der Waals surface area contributed by atoms with Crippen molar-refractivity contribution < 1.29 is 4.74 Å². The second-order valence-corrected chi connectivity index (χ2v) is 4.13. The van der Waals surface area contributed by atoms with Crippen molar-refractivity contribution in [3.8, 4) is 5.88 Å². The molecule has 0 radical (unpaired) electrons. The number of hydrogen-bond donors (Lipinski definition) is 1. The largest absolute Gasteiger partial charge is 0.481 e. The first-order chi connectivity index (χ1) is 9.28. The second-order valence-electron chi connectivity index (χ2n) is 4.13. The molecule has 0 atom stereocenters. The van der Waals surface area contributed by atoms with Gasteiger partial charge in [0.15, 0.2) is 0 Å². The molecule has 19 heavy (non-hydrogen) atoms. The van der Waals surface area contributed by atoms with Crippen LogP contribution < -0.4 is 10.5 Å². The molecule has 0 aliphatic heterocycles. The molecule has 6 heteroatoms. The first-order valence-corrected chi connectivity index (χ1v) is 5.82. The highest BCUT2D eigenvalue weighted by atomic mass is 16.5. The fraction of sp³-hybridized carbons (Fsp3) is 0.154. The number of rotatable bonds is 3. The van der Waals surface area contributed by atoms with Gasteiger partial charge in [-0.2, -0.15) is 0 Å². The van der Waals surface area contributed by atoms with Crippen LogP contribution in [0, 0.1) is 0 Å². The van der Waals surface area contributed by atoms with Crippen LogP contribution in [0.5, 0.6) is 5.88 Å². The quantitative estimate of drug-likeness (QED) is 0.766. The fourth-order valence-corrected chi connectivity index (χ4v) is 2.01. The zero-order valence-electron chi connectivity index (χ0n) is 10.4. The van der Waals surface area contributed by atoms with Crippen molar-refractivity contribution in [3.63, 3.8) is 0 Å². The molecule has 3 rings (SSSR count). The van der Waals surface area contributed by atoms with Crippen molar-refractivity contribution in [2.24, 2.45) is 0 Å². The van der Waals surface area contributed by atoms with E-state index >= 15 is 0 Å². The number of ether oxygens (including phenoxy) is 1. The summed E-state index contributed by atoms with van der Waals surface area (Å²) >= 11 is 0. The van der Waals surface area contributed by atoms with E-state index < -0.39 is 0 Å². The molecule has 0 amide bonds. The zero-order valence-corrected chi connectivity index (χ0v) is 10.4. The predicted octanol–water partition coefficient (Wildman–Crippen LogP) is 1.47. The van der Waals surface area contributed by atoms with Crippen LogP contribution in [0.4, 0.5) is 5.95 Å². The highest BCUT2D eigenvalue weighted by molar-refractivity contribution is 5.77. The predicted molar refractivity (Wildman–Crippen MR) is 71.8 cm³/mol. The third kappa shape index (κ3) is 2.08. The average molecular weight is 255 g/mol. The van der Waals surface area contributed by atoms with Crippen LogP contribution in [0.2, 0.25) is 0 Å². The Morgan fingerprint density at radius 2 is 2.21 bits per heavy atom. The summed E-state index contributed by atoms with van der Waals surface area (Å²) in [5.41, 5.74) is 8.75. The molecule has 0 aromatic carbocycles. The summed E-state index contributed by atoms with van der Waals surface area (Å²) < 4.78 is 7.05. The molecule has 0 bridgehead atoms. The lowest BCUT2D eigenvalue weighted by Crippen LogP contribution is -2.05. The fourth-order valence-electron chi connectivity index (χ4n) is 2.01. The third-order valence-corrected chi connectivity index (χ3v) is 2.93. The summed E-state index contributed by atoms with van der Waals surface area (Å²) in [6, 6.07) is 5.71. The number of aromatic nitrogens is 4. The Bertz CT molecular complexity index is 722. The van der Waals surface area contributed by atoms with E-state index in [0.717, 1.165) is 16.6 Å². The Morgan fingerprint density at radius 1 is 1.32 bits per heavy atom. The Labute approximate surface area is 109 Å². The van der Waals surface area contributed by atoms with E-state index in [9.17, 15) is 0 Å². The maximum Gasteiger partial charge on any atom is 0.213 e. The monoisotopic (exact) mass is 255 g/mol. The summed E-state index contributed by atoms with van der Waals surface area (Å²) in [6.45, 7) is 0.616. The molecular formula is C13H13N5O. The second kappa shape index (κ2) is 4.56. The smallest absolute Gasteiger partial charge is 0.213 e. The van der Waals surface area contributed by atoms with E-state index in [0.29, 0.717) is 18.4 Å². The van der Waals surface area contributed by atoms with Crippen LogP contribution in [0.15, 0.2) is 36.8 Å². The number of nitrogens with two attached hydrogens (primary N) is 1. The number of pyridine rings is 2. The van der Waals surface area contributed by atoms with E-state index in [-0.39, 0.29) is 0 Å². The lowest BCUT2D eigenvalue weighted by atomic mass is 10.2. The first-order valence-electron chi connectivity index (χ1n) is 5.82. The number of nitrogen functional groups attached to an aromatic ring is 1. The minimum atomic E-state index is 0.471. The van der Waals surface area contributed by atoms with Gasteiger partial charge in [0.2, 0.25) is 11.8 Å². The molecular weight excluding hydrogens is 242 g/mol. The van der Waals surface area contributed by atoms with E-state index in [1.54, 1.807) is 25.7 Å². The highest BCUT2D eigenvalue weighted by Crippen LogP contribution is 2.19. The van der Waals surface area contributed by atoms with Crippen molar-refractivity contribution >= 4 is 17.0 Å². The number of fused-ring (bicyclic) bond motifs is 1. The normalized spacial score (nSPS) is 10.8. The van der Waals surface area contributed by atoms with Crippen LogP contribution in [-0.2, 0) is 6.54 Å². The van der Waals surface area contributed by atoms with Crippen molar-refractivity contribution in [1.82, 2.24) is 19.5 Å². The van der Waals surface area contributed by atoms with Gasteiger partial charge in [-0.25, -0.2) is 9.97 Å². The van der Waals surface area contributed by atoms with Gasteiger partial charge in [0, 0.05) is 18.5 Å². The summed E-state index contributed by atoms with van der Waals surface area (Å²) in [6.07, 6.45) is 5.15. The lowest BCUT2D eigenvalue weighted by molar-refractivity contribution is 0.397. The van der Waals surface area contributed by atoms with Crippen molar-refractivity contribution in [3.05, 3.63) is 42.4 Å². The summed E-state index contributed by atoms with van der Waals surface area (Å²) in [5, 5.41) is 0. The first kappa shape index (κ1) is 11.5. The van der Waals surface area contributed by atoms with Gasteiger partial charge < -0.3 is 15.0 Å². The molecule has 0 saturated heterocycles. The number of nitrogens with zero attached hydrogens (tertiary/aromatic N) is 4. The van der Waals surface area contributed by atoms with Gasteiger partial charge in [-0.15, -0.1) is 0 Å². The molecule has 3 heterocycles. The van der Waals surface area contributed by atoms with Crippen LogP contribution in [-0.4, -0.2) is 26.6 Å². The molecule has 96 valence electrons. The summed E-state index contributed by atoms with van der Waals surface area (Å²) in [5.74, 6) is 1.06. The summed E-state index contributed by atoms with van der Waals surface area (Å²) in [7, 11) is 1.60. The lowest BCUT2D eigenvalue weighted by Gasteiger charge is -2.07. The van der Waals surface area contributed by atoms with Gasteiger partial charge in [0.1, 0.15) is 5.52 Å². The van der Waals surface area contributed by atoms with Crippen molar-refractivity contribution in [1.29, 1.82) is 0 Å². The van der Waals surface area contributed by atoms with Crippen LogP contribution in [0.1, 0.15) is 5.56 Å². The standard InChI is InChI=1S/C13H13N5O/c1-19-12-6-9(2-5-16-12)8-18-11-3-4-15-7-10(11)17-13(18)14/h2-7H,8H2,1H3,(H2,14,17). The molecule has 2 N–H and O–H groups in total. The molecule has 3 aromatic heterocycles. The molecule has 6 nitrogen and oxygen atoms in total. The SMILES string of the molecule is COc1cc(Cn2c(N)nc3cnccc32)ccn1. The summed E-state index contributed by atoms with van der Waals surface area (Å²) in [4.78, 5) is 12.4. The third-order valence-electron chi connectivity index (χ3n) is 2.93. The maximum absolute atomic E-state index is 5.95. The Kier molecular flexibility index (Phi) is 2.75. The number of hydrogen-bond acceptors (Lipinski definition) is 5. The van der Waals surface area contributed by atoms with Gasteiger partial charge in [-0.3, -0.25) is 4.98 Å². The van der Waals surface area contributed by atoms with E-state index in [2.05, 4.69) is 15.0 Å². The Balaban J connectivity index is 2.02. The Morgan fingerprint density at radius 3 is 3.05 bits per heavy atom. The molecule has 0 aliphatic carbocycles. The van der Waals surface area contributed by atoms with E-state index in [1.807, 2.05) is 22.8 Å². The molecule has 0 spiro atoms.